The SMILES string of the molecule is O=[N+]([O-])c1cccc(Oc2ccccc2)c1Cl. The van der Waals surface area contributed by atoms with E-state index in [0.717, 1.165) is 0 Å². The fraction of sp³-hybridized carbons (Fsp3) is 0. The van der Waals surface area contributed by atoms with Gasteiger partial charge in [0.15, 0.2) is 10.8 Å². The second-order valence-corrected chi connectivity index (χ2v) is 3.64. The van der Waals surface area contributed by atoms with Crippen molar-refractivity contribution in [1.82, 2.24) is 0 Å². The molecule has 0 fully saturated rings. The molecule has 0 spiro atoms. The molecule has 0 radical (unpaired) electrons. The topological polar surface area (TPSA) is 52.4 Å². The van der Waals surface area contributed by atoms with E-state index in [2.05, 4.69) is 0 Å². The lowest BCUT2D eigenvalue weighted by Gasteiger charge is -2.06. The molecule has 0 N–H and O–H groups in total. The normalized spacial score (nSPS) is 9.94. The van der Waals surface area contributed by atoms with Gasteiger partial charge in [-0.3, -0.25) is 10.1 Å². The minimum Gasteiger partial charge on any atom is -0.456 e. The Morgan fingerprint density at radius 1 is 1.06 bits per heavy atom. The van der Waals surface area contributed by atoms with E-state index in [0.29, 0.717) is 5.75 Å². The highest BCUT2D eigenvalue weighted by molar-refractivity contribution is 6.34. The van der Waals surface area contributed by atoms with Gasteiger partial charge in [0.2, 0.25) is 0 Å². The molecule has 86 valence electrons. The monoisotopic (exact) mass is 249 g/mol. The summed E-state index contributed by atoms with van der Waals surface area (Å²) in [7, 11) is 0. The number of para-hydroxylation sites is 1. The minimum atomic E-state index is -0.541. The van der Waals surface area contributed by atoms with Gasteiger partial charge in [-0.15, -0.1) is 0 Å². The van der Waals surface area contributed by atoms with E-state index in [1.54, 1.807) is 30.3 Å². The Kier molecular flexibility index (Phi) is 3.25. The molecule has 0 heterocycles. The summed E-state index contributed by atoms with van der Waals surface area (Å²) in [6.07, 6.45) is 0. The van der Waals surface area contributed by atoms with Gasteiger partial charge in [0.05, 0.1) is 4.92 Å². The van der Waals surface area contributed by atoms with Crippen LogP contribution >= 0.6 is 11.6 Å². The number of nitro benzene ring substituents is 1. The number of nitro groups is 1. The molecule has 4 nitrogen and oxygen atoms in total. The first-order chi connectivity index (χ1) is 8.18. The van der Waals surface area contributed by atoms with Gasteiger partial charge >= 0.3 is 0 Å². The van der Waals surface area contributed by atoms with Gasteiger partial charge in [-0.05, 0) is 18.2 Å². The second kappa shape index (κ2) is 4.84. The van der Waals surface area contributed by atoms with Gasteiger partial charge in [-0.25, -0.2) is 0 Å². The van der Waals surface area contributed by atoms with Crippen LogP contribution in [0.4, 0.5) is 5.69 Å². The molecule has 2 aromatic rings. The van der Waals surface area contributed by atoms with Crippen molar-refractivity contribution in [3.8, 4) is 11.5 Å². The average molecular weight is 250 g/mol. The molecule has 0 amide bonds. The summed E-state index contributed by atoms with van der Waals surface area (Å²) in [5, 5.41) is 10.7. The van der Waals surface area contributed by atoms with Gasteiger partial charge in [-0.1, -0.05) is 35.9 Å². The van der Waals surface area contributed by atoms with E-state index in [9.17, 15) is 10.1 Å². The van der Waals surface area contributed by atoms with Crippen molar-refractivity contribution in [1.29, 1.82) is 0 Å². The average Bonchev–Trinajstić information content (AvgIpc) is 2.33. The number of hydrogen-bond donors (Lipinski definition) is 0. The Hall–Kier alpha value is -2.07. The molecule has 2 rings (SSSR count). The third-order valence-electron chi connectivity index (χ3n) is 2.11. The third kappa shape index (κ3) is 2.54. The highest BCUT2D eigenvalue weighted by Crippen LogP contribution is 2.35. The van der Waals surface area contributed by atoms with E-state index >= 15 is 0 Å². The Morgan fingerprint density at radius 3 is 2.41 bits per heavy atom. The first kappa shape index (κ1) is 11.4. The van der Waals surface area contributed by atoms with Crippen molar-refractivity contribution in [2.24, 2.45) is 0 Å². The van der Waals surface area contributed by atoms with Crippen molar-refractivity contribution in [2.75, 3.05) is 0 Å². The smallest absolute Gasteiger partial charge is 0.291 e. The Bertz CT molecular complexity index is 543. The van der Waals surface area contributed by atoms with Gasteiger partial charge in [0.25, 0.3) is 5.69 Å². The molecule has 0 aliphatic carbocycles. The maximum atomic E-state index is 10.7. The van der Waals surface area contributed by atoms with Crippen LogP contribution in [-0.4, -0.2) is 4.92 Å². The number of halogens is 1. The van der Waals surface area contributed by atoms with Gasteiger partial charge in [0, 0.05) is 6.07 Å². The van der Waals surface area contributed by atoms with Crippen molar-refractivity contribution in [3.05, 3.63) is 63.7 Å². The van der Waals surface area contributed by atoms with Crippen LogP contribution in [0, 0.1) is 10.1 Å². The molecule has 0 aliphatic rings. The van der Waals surface area contributed by atoms with E-state index in [4.69, 9.17) is 16.3 Å². The molecule has 17 heavy (non-hydrogen) atoms. The molecule has 2 aromatic carbocycles. The van der Waals surface area contributed by atoms with Gasteiger partial charge in [0.1, 0.15) is 5.75 Å². The lowest BCUT2D eigenvalue weighted by atomic mass is 10.3. The zero-order valence-electron chi connectivity index (χ0n) is 8.67. The maximum Gasteiger partial charge on any atom is 0.291 e. The number of nitrogens with zero attached hydrogens (tertiary/aromatic N) is 1. The highest BCUT2D eigenvalue weighted by Gasteiger charge is 2.16. The summed E-state index contributed by atoms with van der Waals surface area (Å²) in [5.74, 6) is 0.849. The molecule has 0 aliphatic heterocycles. The van der Waals surface area contributed by atoms with E-state index in [1.807, 2.05) is 6.07 Å². The number of rotatable bonds is 3. The predicted molar refractivity (Wildman–Crippen MR) is 64.6 cm³/mol. The van der Waals surface area contributed by atoms with Crippen molar-refractivity contribution >= 4 is 17.3 Å². The van der Waals surface area contributed by atoms with Crippen LogP contribution in [0.5, 0.6) is 11.5 Å². The third-order valence-corrected chi connectivity index (χ3v) is 2.49. The quantitative estimate of drug-likeness (QED) is 0.609. The molecule has 0 unspecified atom stereocenters. The van der Waals surface area contributed by atoms with Crippen LogP contribution in [0.1, 0.15) is 0 Å². The number of ether oxygens (including phenoxy) is 1. The lowest BCUT2D eigenvalue weighted by molar-refractivity contribution is -0.384. The Morgan fingerprint density at radius 2 is 1.76 bits per heavy atom. The second-order valence-electron chi connectivity index (χ2n) is 3.26. The molecule has 0 saturated carbocycles. The standard InChI is InChI=1S/C12H8ClNO3/c13-12-10(14(15)16)7-4-8-11(12)17-9-5-2-1-3-6-9/h1-8H. The highest BCUT2D eigenvalue weighted by atomic mass is 35.5. The molecule has 0 bridgehead atoms. The first-order valence-electron chi connectivity index (χ1n) is 4.84. The summed E-state index contributed by atoms with van der Waals surface area (Å²) >= 11 is 5.89. The number of benzene rings is 2. The van der Waals surface area contributed by atoms with Crippen LogP contribution in [0.15, 0.2) is 48.5 Å². The van der Waals surface area contributed by atoms with Crippen molar-refractivity contribution in [3.63, 3.8) is 0 Å². The fourth-order valence-corrected chi connectivity index (χ4v) is 1.57. The van der Waals surface area contributed by atoms with Crippen LogP contribution in [0.2, 0.25) is 5.02 Å². The molecule has 5 heteroatoms. The summed E-state index contributed by atoms with van der Waals surface area (Å²) < 4.78 is 5.46. The van der Waals surface area contributed by atoms with E-state index in [1.165, 1.54) is 12.1 Å². The zero-order chi connectivity index (χ0) is 12.3. The molecular formula is C12H8ClNO3. The Labute approximate surface area is 103 Å². The largest absolute Gasteiger partial charge is 0.456 e. The van der Waals surface area contributed by atoms with E-state index < -0.39 is 4.92 Å². The van der Waals surface area contributed by atoms with Crippen LogP contribution in [0.25, 0.3) is 0 Å². The molecule has 0 atom stereocenters. The van der Waals surface area contributed by atoms with Crippen LogP contribution in [-0.2, 0) is 0 Å². The van der Waals surface area contributed by atoms with Gasteiger partial charge in [-0.2, -0.15) is 0 Å². The summed E-state index contributed by atoms with van der Waals surface area (Å²) in [4.78, 5) is 10.2. The van der Waals surface area contributed by atoms with Gasteiger partial charge < -0.3 is 4.74 Å². The van der Waals surface area contributed by atoms with E-state index in [-0.39, 0.29) is 16.5 Å². The minimum absolute atomic E-state index is 0.00125. The van der Waals surface area contributed by atoms with Crippen LogP contribution < -0.4 is 4.74 Å². The summed E-state index contributed by atoms with van der Waals surface area (Å²) in [5.41, 5.74) is -0.167. The molecule has 0 aromatic heterocycles. The predicted octanol–water partition coefficient (Wildman–Crippen LogP) is 4.04. The molecular weight excluding hydrogens is 242 g/mol. The Balaban J connectivity index is 2.34. The summed E-state index contributed by atoms with van der Waals surface area (Å²) in [6.45, 7) is 0. The fourth-order valence-electron chi connectivity index (χ4n) is 1.33. The zero-order valence-corrected chi connectivity index (χ0v) is 9.42. The maximum absolute atomic E-state index is 10.7. The lowest BCUT2D eigenvalue weighted by Crippen LogP contribution is -1.91. The van der Waals surface area contributed by atoms with Crippen molar-refractivity contribution in [2.45, 2.75) is 0 Å². The first-order valence-corrected chi connectivity index (χ1v) is 5.22. The number of hydrogen-bond acceptors (Lipinski definition) is 3. The van der Waals surface area contributed by atoms with Crippen LogP contribution in [0.3, 0.4) is 0 Å². The van der Waals surface area contributed by atoms with Crippen molar-refractivity contribution < 1.29 is 9.66 Å². The molecule has 0 saturated heterocycles. The summed E-state index contributed by atoms with van der Waals surface area (Å²) in [6, 6.07) is 13.4.